The second kappa shape index (κ2) is 7.68. The molecular formula is C23H25N5O3. The number of hydrogen-bond acceptors (Lipinski definition) is 6. The quantitative estimate of drug-likeness (QED) is 0.643. The third-order valence-electron chi connectivity index (χ3n) is 6.56. The summed E-state index contributed by atoms with van der Waals surface area (Å²) in [6, 6.07) is 15.0. The molecule has 0 atom stereocenters. The number of tetrazole rings is 1. The first-order valence-corrected chi connectivity index (χ1v) is 10.6. The molecular weight excluding hydrogens is 394 g/mol. The first-order valence-electron chi connectivity index (χ1n) is 10.6. The zero-order valence-electron chi connectivity index (χ0n) is 17.7. The Hall–Kier alpha value is -3.42. The van der Waals surface area contributed by atoms with Crippen molar-refractivity contribution in [2.24, 2.45) is 5.92 Å². The average molecular weight is 419 g/mol. The number of fused-ring (bicyclic) bond motifs is 1. The molecule has 0 bridgehead atoms. The van der Waals surface area contributed by atoms with Crippen molar-refractivity contribution >= 4 is 5.91 Å². The number of hydrogen-bond donors (Lipinski definition) is 0. The van der Waals surface area contributed by atoms with Gasteiger partial charge in [0.15, 0.2) is 17.3 Å². The molecule has 2 aromatic carbocycles. The van der Waals surface area contributed by atoms with Crippen LogP contribution in [-0.4, -0.2) is 44.9 Å². The second-order valence-electron chi connectivity index (χ2n) is 8.40. The van der Waals surface area contributed by atoms with E-state index in [1.807, 2.05) is 60.5 Å². The number of ether oxygens (including phenoxy) is 2. The molecule has 160 valence electrons. The molecule has 0 N–H and O–H groups in total. The highest BCUT2D eigenvalue weighted by Gasteiger charge is 2.46. The van der Waals surface area contributed by atoms with E-state index in [1.54, 1.807) is 4.68 Å². The maximum atomic E-state index is 13.4. The van der Waals surface area contributed by atoms with Gasteiger partial charge in [0.2, 0.25) is 6.79 Å². The molecule has 0 saturated heterocycles. The zero-order valence-corrected chi connectivity index (χ0v) is 17.7. The summed E-state index contributed by atoms with van der Waals surface area (Å²) in [6.07, 6.45) is 3.60. The van der Waals surface area contributed by atoms with Crippen LogP contribution in [-0.2, 0) is 5.54 Å². The van der Waals surface area contributed by atoms with Crippen LogP contribution in [0.1, 0.15) is 48.8 Å². The van der Waals surface area contributed by atoms with Gasteiger partial charge in [-0.05, 0) is 66.3 Å². The summed E-state index contributed by atoms with van der Waals surface area (Å²) in [4.78, 5) is 15.3. The Bertz CT molecular complexity index is 1090. The zero-order chi connectivity index (χ0) is 21.4. The molecule has 2 aliphatic rings. The second-order valence-corrected chi connectivity index (χ2v) is 8.40. The summed E-state index contributed by atoms with van der Waals surface area (Å²) < 4.78 is 12.7. The summed E-state index contributed by atoms with van der Waals surface area (Å²) in [5.41, 5.74) is 0.840. The van der Waals surface area contributed by atoms with Crippen LogP contribution >= 0.6 is 0 Å². The molecule has 0 unspecified atom stereocenters. The highest BCUT2D eigenvalue weighted by Crippen LogP contribution is 2.44. The number of amides is 1. The van der Waals surface area contributed by atoms with Crippen molar-refractivity contribution in [3.8, 4) is 17.2 Å². The van der Waals surface area contributed by atoms with E-state index in [0.717, 1.165) is 31.4 Å². The predicted octanol–water partition coefficient (Wildman–Crippen LogP) is 3.57. The minimum atomic E-state index is -0.598. The van der Waals surface area contributed by atoms with Crippen LogP contribution in [0.5, 0.6) is 11.5 Å². The Morgan fingerprint density at radius 2 is 1.84 bits per heavy atom. The third-order valence-corrected chi connectivity index (χ3v) is 6.56. The van der Waals surface area contributed by atoms with Crippen LogP contribution in [0.4, 0.5) is 0 Å². The highest BCUT2D eigenvalue weighted by molar-refractivity contribution is 5.94. The van der Waals surface area contributed by atoms with Gasteiger partial charge in [0.25, 0.3) is 5.91 Å². The Balaban J connectivity index is 1.58. The van der Waals surface area contributed by atoms with E-state index < -0.39 is 5.54 Å². The number of aromatic nitrogens is 4. The van der Waals surface area contributed by atoms with Crippen LogP contribution in [0.3, 0.4) is 0 Å². The van der Waals surface area contributed by atoms with Gasteiger partial charge in [-0.25, -0.2) is 0 Å². The molecule has 0 radical (unpaired) electrons. The Labute approximate surface area is 180 Å². The van der Waals surface area contributed by atoms with Crippen molar-refractivity contribution in [1.82, 2.24) is 25.1 Å². The fourth-order valence-corrected chi connectivity index (χ4v) is 4.59. The SMILES string of the molecule is CC1CCC(c2nnnn2-c2ccc3c(c2)OCO3)(N(C)C(=O)c2ccccc2)CC1. The molecule has 5 rings (SSSR count). The minimum absolute atomic E-state index is 0.0320. The number of carbonyl (C=O) groups excluding carboxylic acids is 1. The van der Waals surface area contributed by atoms with Crippen LogP contribution in [0.2, 0.25) is 0 Å². The van der Waals surface area contributed by atoms with Gasteiger partial charge >= 0.3 is 0 Å². The lowest BCUT2D eigenvalue weighted by Crippen LogP contribution is -2.50. The lowest BCUT2D eigenvalue weighted by Gasteiger charge is -2.44. The van der Waals surface area contributed by atoms with Gasteiger partial charge < -0.3 is 14.4 Å². The van der Waals surface area contributed by atoms with Crippen LogP contribution < -0.4 is 9.47 Å². The Kier molecular flexibility index (Phi) is 4.84. The van der Waals surface area contributed by atoms with Crippen LogP contribution in [0, 0.1) is 5.92 Å². The number of nitrogens with zero attached hydrogens (tertiary/aromatic N) is 5. The lowest BCUT2D eigenvalue weighted by molar-refractivity contribution is 0.0327. The summed E-state index contributed by atoms with van der Waals surface area (Å²) in [5.74, 6) is 2.61. The van der Waals surface area contributed by atoms with E-state index in [2.05, 4.69) is 22.4 Å². The molecule has 31 heavy (non-hydrogen) atoms. The van der Waals surface area contributed by atoms with Crippen molar-refractivity contribution in [2.75, 3.05) is 13.8 Å². The van der Waals surface area contributed by atoms with E-state index in [9.17, 15) is 4.79 Å². The molecule has 1 fully saturated rings. The lowest BCUT2D eigenvalue weighted by atomic mass is 9.75. The monoisotopic (exact) mass is 419 g/mol. The van der Waals surface area contributed by atoms with Gasteiger partial charge in [-0.2, -0.15) is 4.68 Å². The molecule has 1 aliphatic heterocycles. The smallest absolute Gasteiger partial charge is 0.254 e. The Morgan fingerprint density at radius 3 is 2.61 bits per heavy atom. The van der Waals surface area contributed by atoms with Crippen LogP contribution in [0.15, 0.2) is 48.5 Å². The van der Waals surface area contributed by atoms with E-state index in [4.69, 9.17) is 9.47 Å². The minimum Gasteiger partial charge on any atom is -0.454 e. The summed E-state index contributed by atoms with van der Waals surface area (Å²) >= 11 is 0. The number of rotatable bonds is 4. The van der Waals surface area contributed by atoms with Crippen molar-refractivity contribution in [2.45, 2.75) is 38.1 Å². The standard InChI is InChI=1S/C23H25N5O3/c1-16-10-12-23(13-11-16,27(2)21(29)17-6-4-3-5-7-17)22-24-25-26-28(22)18-8-9-19-20(14-18)31-15-30-19/h3-9,14,16H,10-13,15H2,1-2H3. The number of carbonyl (C=O) groups is 1. The maximum Gasteiger partial charge on any atom is 0.254 e. The molecule has 3 aromatic rings. The average Bonchev–Trinajstić information content (AvgIpc) is 3.49. The van der Waals surface area contributed by atoms with Crippen molar-refractivity contribution < 1.29 is 14.3 Å². The molecule has 1 aromatic heterocycles. The normalized spacial score (nSPS) is 22.3. The fraction of sp³-hybridized carbons (Fsp3) is 0.391. The van der Waals surface area contributed by atoms with Gasteiger partial charge in [0, 0.05) is 18.7 Å². The van der Waals surface area contributed by atoms with Gasteiger partial charge in [-0.1, -0.05) is 25.1 Å². The highest BCUT2D eigenvalue weighted by atomic mass is 16.7. The Morgan fingerprint density at radius 1 is 1.10 bits per heavy atom. The largest absolute Gasteiger partial charge is 0.454 e. The fourth-order valence-electron chi connectivity index (χ4n) is 4.59. The molecule has 2 heterocycles. The summed E-state index contributed by atoms with van der Waals surface area (Å²) in [7, 11) is 1.87. The van der Waals surface area contributed by atoms with Crippen molar-refractivity contribution in [1.29, 1.82) is 0 Å². The molecule has 0 spiro atoms. The number of benzene rings is 2. The molecule has 8 nitrogen and oxygen atoms in total. The predicted molar refractivity (Wildman–Crippen MR) is 113 cm³/mol. The van der Waals surface area contributed by atoms with Gasteiger partial charge in [0.05, 0.1) is 5.69 Å². The van der Waals surface area contributed by atoms with Gasteiger partial charge in [-0.3, -0.25) is 4.79 Å². The van der Waals surface area contributed by atoms with Crippen molar-refractivity contribution in [3.63, 3.8) is 0 Å². The van der Waals surface area contributed by atoms with E-state index in [-0.39, 0.29) is 12.7 Å². The summed E-state index contributed by atoms with van der Waals surface area (Å²) in [5, 5.41) is 12.7. The van der Waals surface area contributed by atoms with Gasteiger partial charge in [0.1, 0.15) is 5.54 Å². The molecule has 8 heteroatoms. The van der Waals surface area contributed by atoms with Gasteiger partial charge in [-0.15, -0.1) is 5.10 Å². The van der Waals surface area contributed by atoms with E-state index in [1.165, 1.54) is 0 Å². The maximum absolute atomic E-state index is 13.4. The van der Waals surface area contributed by atoms with Crippen LogP contribution in [0.25, 0.3) is 5.69 Å². The van der Waals surface area contributed by atoms with Crippen molar-refractivity contribution in [3.05, 3.63) is 59.9 Å². The topological polar surface area (TPSA) is 82.4 Å². The molecule has 1 amide bonds. The third kappa shape index (κ3) is 3.32. The van der Waals surface area contributed by atoms with E-state index in [0.29, 0.717) is 28.8 Å². The first-order chi connectivity index (χ1) is 15.1. The molecule has 1 aliphatic carbocycles. The summed E-state index contributed by atoms with van der Waals surface area (Å²) in [6.45, 7) is 2.46. The van der Waals surface area contributed by atoms with E-state index >= 15 is 0 Å². The molecule has 1 saturated carbocycles. The first kappa shape index (κ1) is 19.5.